The summed E-state index contributed by atoms with van der Waals surface area (Å²) in [6.45, 7) is 7.54. The largest absolute Gasteiger partial charge is 0.355 e. The number of hydrogen-bond acceptors (Lipinski definition) is 6. The second kappa shape index (κ2) is 6.52. The van der Waals surface area contributed by atoms with Crippen molar-refractivity contribution in [2.75, 3.05) is 18.0 Å². The molecule has 0 aromatic carbocycles. The minimum Gasteiger partial charge on any atom is -0.355 e. The van der Waals surface area contributed by atoms with Crippen LogP contribution in [0.4, 0.5) is 5.82 Å². The van der Waals surface area contributed by atoms with Gasteiger partial charge >= 0.3 is 0 Å². The van der Waals surface area contributed by atoms with Crippen molar-refractivity contribution in [3.05, 3.63) is 12.0 Å². The summed E-state index contributed by atoms with van der Waals surface area (Å²) in [6, 6.07) is 0.161. The number of hydrogen-bond donors (Lipinski definition) is 1. The Labute approximate surface area is 135 Å². The van der Waals surface area contributed by atoms with Gasteiger partial charge < -0.3 is 14.7 Å². The summed E-state index contributed by atoms with van der Waals surface area (Å²) in [5.74, 6) is 0.937. The molecule has 124 valence electrons. The summed E-state index contributed by atoms with van der Waals surface area (Å²) in [4.78, 5) is 23.1. The molecule has 7 heteroatoms. The van der Waals surface area contributed by atoms with E-state index in [1.54, 1.807) is 0 Å². The summed E-state index contributed by atoms with van der Waals surface area (Å²) in [5.41, 5.74) is 1.38. The van der Waals surface area contributed by atoms with E-state index < -0.39 is 0 Å². The summed E-state index contributed by atoms with van der Waals surface area (Å²) in [6.07, 6.45) is 4.14. The molecule has 3 heterocycles. The first-order chi connectivity index (χ1) is 11.1. The average Bonchev–Trinajstić information content (AvgIpc) is 2.97. The topological polar surface area (TPSA) is 84.2 Å². The number of amides is 1. The van der Waals surface area contributed by atoms with E-state index >= 15 is 0 Å². The van der Waals surface area contributed by atoms with Gasteiger partial charge in [-0.1, -0.05) is 12.1 Å². The number of fused-ring (bicyclic) bond motifs is 1. The third kappa shape index (κ3) is 3.13. The number of aryl methyl sites for hydroxylation is 1. The third-order valence-corrected chi connectivity index (χ3v) is 4.18. The fourth-order valence-corrected chi connectivity index (χ4v) is 3.09. The molecule has 2 aromatic rings. The molecule has 1 fully saturated rings. The van der Waals surface area contributed by atoms with Gasteiger partial charge in [-0.05, 0) is 33.1 Å². The van der Waals surface area contributed by atoms with Crippen LogP contribution in [0.25, 0.3) is 11.1 Å². The van der Waals surface area contributed by atoms with Gasteiger partial charge in [0, 0.05) is 19.1 Å². The highest BCUT2D eigenvalue weighted by atomic mass is 16.5. The lowest BCUT2D eigenvalue weighted by molar-refractivity contribution is -0.125. The first kappa shape index (κ1) is 15.7. The molecule has 1 aliphatic heterocycles. The highest BCUT2D eigenvalue weighted by Gasteiger charge is 2.29. The minimum absolute atomic E-state index is 0.0129. The summed E-state index contributed by atoms with van der Waals surface area (Å²) in [5, 5.41) is 7.96. The molecular formula is C16H23N5O2. The monoisotopic (exact) mass is 317 g/mol. The molecule has 23 heavy (non-hydrogen) atoms. The average molecular weight is 317 g/mol. The van der Waals surface area contributed by atoms with Gasteiger partial charge in [0.1, 0.15) is 17.5 Å². The molecule has 0 aliphatic carbocycles. The second-order valence-electron chi connectivity index (χ2n) is 6.31. The lowest BCUT2D eigenvalue weighted by atomic mass is 9.96. The van der Waals surface area contributed by atoms with E-state index in [0.29, 0.717) is 12.3 Å². The number of nitrogens with one attached hydrogen (secondary N) is 1. The van der Waals surface area contributed by atoms with Crippen LogP contribution in [0.5, 0.6) is 0 Å². The van der Waals surface area contributed by atoms with Gasteiger partial charge in [-0.15, -0.1) is 0 Å². The first-order valence-corrected chi connectivity index (χ1v) is 8.24. The van der Waals surface area contributed by atoms with E-state index in [-0.39, 0.29) is 17.9 Å². The molecule has 3 rings (SSSR count). The van der Waals surface area contributed by atoms with E-state index in [4.69, 9.17) is 4.52 Å². The summed E-state index contributed by atoms with van der Waals surface area (Å²) in [7, 11) is 0. The second-order valence-corrected chi connectivity index (χ2v) is 6.31. The van der Waals surface area contributed by atoms with Crippen molar-refractivity contribution in [3.8, 4) is 0 Å². The lowest BCUT2D eigenvalue weighted by Crippen LogP contribution is -2.45. The summed E-state index contributed by atoms with van der Waals surface area (Å²) < 4.78 is 5.29. The van der Waals surface area contributed by atoms with Crippen LogP contribution in [0.15, 0.2) is 10.9 Å². The molecule has 0 unspecified atom stereocenters. The molecule has 1 saturated heterocycles. The van der Waals surface area contributed by atoms with Gasteiger partial charge in [0.15, 0.2) is 0 Å². The Morgan fingerprint density at radius 1 is 1.48 bits per heavy atom. The molecule has 0 spiro atoms. The Morgan fingerprint density at radius 2 is 2.30 bits per heavy atom. The molecule has 1 N–H and O–H groups in total. The predicted molar refractivity (Wildman–Crippen MR) is 87.2 cm³/mol. The van der Waals surface area contributed by atoms with Gasteiger partial charge in [-0.3, -0.25) is 4.79 Å². The van der Waals surface area contributed by atoms with Crippen LogP contribution in [-0.4, -0.2) is 40.2 Å². The molecule has 1 atom stereocenters. The quantitative estimate of drug-likeness (QED) is 0.927. The SMILES string of the molecule is CCc1noc2ncnc(N3CCC[C@H](C(=O)NC(C)C)C3)c12. The van der Waals surface area contributed by atoms with Crippen LogP contribution in [0.3, 0.4) is 0 Å². The van der Waals surface area contributed by atoms with Crippen molar-refractivity contribution < 1.29 is 9.32 Å². The molecule has 2 aromatic heterocycles. The highest BCUT2D eigenvalue weighted by molar-refractivity contribution is 5.88. The van der Waals surface area contributed by atoms with Crippen LogP contribution < -0.4 is 10.2 Å². The first-order valence-electron chi connectivity index (χ1n) is 8.24. The zero-order valence-corrected chi connectivity index (χ0v) is 13.9. The molecule has 7 nitrogen and oxygen atoms in total. The van der Waals surface area contributed by atoms with Gasteiger partial charge in [-0.2, -0.15) is 4.98 Å². The maximum absolute atomic E-state index is 12.3. The fraction of sp³-hybridized carbons (Fsp3) is 0.625. The number of nitrogens with zero attached hydrogens (tertiary/aromatic N) is 4. The number of piperidine rings is 1. The lowest BCUT2D eigenvalue weighted by Gasteiger charge is -2.33. The Hall–Kier alpha value is -2.18. The molecule has 0 bridgehead atoms. The zero-order chi connectivity index (χ0) is 16.4. The minimum atomic E-state index is -0.0129. The zero-order valence-electron chi connectivity index (χ0n) is 13.9. The molecule has 1 aliphatic rings. The number of rotatable bonds is 4. The van der Waals surface area contributed by atoms with Gasteiger partial charge in [-0.25, -0.2) is 4.98 Å². The molecular weight excluding hydrogens is 294 g/mol. The maximum atomic E-state index is 12.3. The van der Waals surface area contributed by atoms with Crippen LogP contribution >= 0.6 is 0 Å². The van der Waals surface area contributed by atoms with Crippen LogP contribution in [0, 0.1) is 5.92 Å². The van der Waals surface area contributed by atoms with E-state index in [2.05, 4.69) is 25.3 Å². The number of anilines is 1. The van der Waals surface area contributed by atoms with E-state index in [1.165, 1.54) is 6.33 Å². The van der Waals surface area contributed by atoms with Gasteiger partial charge in [0.05, 0.1) is 11.6 Å². The van der Waals surface area contributed by atoms with Crippen molar-refractivity contribution in [1.82, 2.24) is 20.4 Å². The van der Waals surface area contributed by atoms with Crippen molar-refractivity contribution in [3.63, 3.8) is 0 Å². The normalized spacial score (nSPS) is 18.6. The van der Waals surface area contributed by atoms with E-state index in [1.807, 2.05) is 20.8 Å². The number of carbonyl (C=O) groups excluding carboxylic acids is 1. The van der Waals surface area contributed by atoms with Gasteiger partial charge in [0.2, 0.25) is 5.91 Å². The highest BCUT2D eigenvalue weighted by Crippen LogP contribution is 2.30. The van der Waals surface area contributed by atoms with E-state index in [9.17, 15) is 4.79 Å². The van der Waals surface area contributed by atoms with E-state index in [0.717, 1.165) is 42.7 Å². The fourth-order valence-electron chi connectivity index (χ4n) is 3.09. The number of carbonyl (C=O) groups is 1. The van der Waals surface area contributed by atoms with Gasteiger partial charge in [0.25, 0.3) is 5.71 Å². The maximum Gasteiger partial charge on any atom is 0.263 e. The standard InChI is InChI=1S/C16H23N5O2/c1-4-12-13-14(17-9-18-16(13)23-20-12)21-7-5-6-11(8-21)15(22)19-10(2)3/h9-11H,4-8H2,1-3H3,(H,19,22)/t11-/m0/s1. The Bertz CT molecular complexity index is 697. The smallest absolute Gasteiger partial charge is 0.263 e. The molecule has 0 radical (unpaired) electrons. The van der Waals surface area contributed by atoms with Crippen LogP contribution in [-0.2, 0) is 11.2 Å². The van der Waals surface area contributed by atoms with Crippen molar-refractivity contribution in [2.24, 2.45) is 5.92 Å². The van der Waals surface area contributed by atoms with Crippen LogP contribution in [0.2, 0.25) is 0 Å². The molecule has 1 amide bonds. The Balaban J connectivity index is 1.87. The number of aromatic nitrogens is 3. The Morgan fingerprint density at radius 3 is 3.04 bits per heavy atom. The van der Waals surface area contributed by atoms with Crippen molar-refractivity contribution >= 4 is 22.8 Å². The molecule has 0 saturated carbocycles. The Kier molecular flexibility index (Phi) is 4.45. The predicted octanol–water partition coefficient (Wildman–Crippen LogP) is 1.92. The van der Waals surface area contributed by atoms with Crippen molar-refractivity contribution in [1.29, 1.82) is 0 Å². The van der Waals surface area contributed by atoms with Crippen molar-refractivity contribution in [2.45, 2.75) is 46.1 Å². The van der Waals surface area contributed by atoms with Crippen LogP contribution in [0.1, 0.15) is 39.3 Å². The third-order valence-electron chi connectivity index (χ3n) is 4.18. The summed E-state index contributed by atoms with van der Waals surface area (Å²) >= 11 is 0.